The molecule has 2 amide bonds. The molecule has 2 rings (SSSR count). The van der Waals surface area contributed by atoms with E-state index < -0.39 is 17.6 Å². The van der Waals surface area contributed by atoms with Gasteiger partial charge in [-0.05, 0) is 63.1 Å². The van der Waals surface area contributed by atoms with Crippen LogP contribution in [0, 0.1) is 12.8 Å². The number of aromatic nitrogens is 1. The zero-order valence-electron chi connectivity index (χ0n) is 21.2. The molecule has 1 heterocycles. The number of benzene rings is 1. The van der Waals surface area contributed by atoms with Crippen molar-refractivity contribution in [3.63, 3.8) is 0 Å². The summed E-state index contributed by atoms with van der Waals surface area (Å²) >= 11 is 0. The van der Waals surface area contributed by atoms with Crippen LogP contribution in [0.5, 0.6) is 0 Å². The summed E-state index contributed by atoms with van der Waals surface area (Å²) in [6.07, 6.45) is 2.04. The minimum absolute atomic E-state index is 0.104. The van der Waals surface area contributed by atoms with E-state index in [9.17, 15) is 9.59 Å². The Labute approximate surface area is 198 Å². The fraction of sp³-hybridized carbons (Fsp3) is 0.519. The van der Waals surface area contributed by atoms with Crippen molar-refractivity contribution in [2.45, 2.75) is 86.3 Å². The monoisotopic (exact) mass is 453 g/mol. The number of hydrogen-bond acceptors (Lipinski definition) is 4. The molecule has 0 saturated carbocycles. The molecule has 0 spiro atoms. The number of pyridine rings is 1. The van der Waals surface area contributed by atoms with E-state index in [1.54, 1.807) is 0 Å². The van der Waals surface area contributed by atoms with E-state index >= 15 is 0 Å². The third-order valence-electron chi connectivity index (χ3n) is 5.16. The molecule has 0 unspecified atom stereocenters. The topological polar surface area (TPSA) is 94.3 Å². The average molecular weight is 454 g/mol. The van der Waals surface area contributed by atoms with Crippen molar-refractivity contribution in [1.82, 2.24) is 10.3 Å². The number of ether oxygens (including phenoxy) is 1. The first-order valence-electron chi connectivity index (χ1n) is 11.8. The molecule has 0 aliphatic rings. The molecule has 2 aromatic rings. The number of nitrogens with zero attached hydrogens (tertiary/aromatic N) is 1. The third kappa shape index (κ3) is 7.88. The van der Waals surface area contributed by atoms with Crippen molar-refractivity contribution in [3.8, 4) is 11.1 Å². The van der Waals surface area contributed by atoms with Crippen molar-refractivity contribution in [2.75, 3.05) is 0 Å². The highest BCUT2D eigenvalue weighted by Gasteiger charge is 2.23. The molecule has 1 aromatic heterocycles. The van der Waals surface area contributed by atoms with E-state index in [1.807, 2.05) is 27.7 Å². The van der Waals surface area contributed by atoms with Crippen LogP contribution in [-0.4, -0.2) is 22.6 Å². The van der Waals surface area contributed by atoms with Gasteiger partial charge in [0, 0.05) is 23.5 Å². The Kier molecular flexibility index (Phi) is 9.03. The molecule has 0 aliphatic heterocycles. The number of carbonyl (C=O) groups is 2. The number of nitrogens with two attached hydrogens (primary N) is 1. The summed E-state index contributed by atoms with van der Waals surface area (Å²) in [5.74, 6) is -0.0229. The van der Waals surface area contributed by atoms with E-state index in [-0.39, 0.29) is 13.0 Å². The molecule has 6 heteroatoms. The Bertz CT molecular complexity index is 974. The minimum atomic E-state index is -0.592. The normalized spacial score (nSPS) is 11.5. The van der Waals surface area contributed by atoms with Crippen LogP contribution >= 0.6 is 0 Å². The van der Waals surface area contributed by atoms with E-state index in [1.165, 1.54) is 0 Å². The molecule has 33 heavy (non-hydrogen) atoms. The third-order valence-corrected chi connectivity index (χ3v) is 5.16. The molecule has 180 valence electrons. The zero-order chi connectivity index (χ0) is 24.8. The van der Waals surface area contributed by atoms with Crippen molar-refractivity contribution in [3.05, 3.63) is 52.3 Å². The van der Waals surface area contributed by atoms with E-state index in [4.69, 9.17) is 15.5 Å². The number of aryl methyl sites for hydroxylation is 2. The SMILES string of the molecule is CCCc1nc(CC(C)C)c(CNC(=O)OC(C)(C)C)c(-c2ccc(C)cc2)c1CC(N)=O. The predicted molar refractivity (Wildman–Crippen MR) is 133 cm³/mol. The van der Waals surface area contributed by atoms with E-state index in [0.29, 0.717) is 5.92 Å². The van der Waals surface area contributed by atoms with Gasteiger partial charge >= 0.3 is 6.09 Å². The lowest BCUT2D eigenvalue weighted by molar-refractivity contribution is -0.117. The Morgan fingerprint density at radius 1 is 1.09 bits per heavy atom. The molecule has 3 N–H and O–H groups in total. The van der Waals surface area contributed by atoms with Crippen LogP contribution in [0.15, 0.2) is 24.3 Å². The lowest BCUT2D eigenvalue weighted by atomic mass is 9.87. The quantitative estimate of drug-likeness (QED) is 0.541. The van der Waals surface area contributed by atoms with Crippen molar-refractivity contribution < 1.29 is 14.3 Å². The van der Waals surface area contributed by atoms with Crippen LogP contribution in [-0.2, 0) is 35.3 Å². The molecule has 0 bridgehead atoms. The second-order valence-electron chi connectivity index (χ2n) is 10.0. The van der Waals surface area contributed by atoms with Gasteiger partial charge in [0.2, 0.25) is 5.91 Å². The standard InChI is InChI=1S/C27H39N3O3/c1-8-9-22-20(15-24(28)31)25(19-12-10-18(4)11-13-19)21(23(30-22)14-17(2)3)16-29-26(32)33-27(5,6)7/h10-13,17H,8-9,14-16H2,1-7H3,(H2,28,31)(H,29,32). The van der Waals surface area contributed by atoms with Crippen molar-refractivity contribution in [2.24, 2.45) is 11.7 Å². The zero-order valence-corrected chi connectivity index (χ0v) is 21.2. The maximum Gasteiger partial charge on any atom is 0.407 e. The first kappa shape index (κ1) is 26.4. The molecule has 1 aromatic carbocycles. The highest BCUT2D eigenvalue weighted by Crippen LogP contribution is 2.34. The highest BCUT2D eigenvalue weighted by atomic mass is 16.6. The van der Waals surface area contributed by atoms with Gasteiger partial charge in [-0.2, -0.15) is 0 Å². The number of primary amides is 1. The molecular formula is C27H39N3O3. The fourth-order valence-corrected chi connectivity index (χ4v) is 3.87. The minimum Gasteiger partial charge on any atom is -0.444 e. The Morgan fingerprint density at radius 3 is 2.24 bits per heavy atom. The van der Waals surface area contributed by atoms with Gasteiger partial charge in [-0.15, -0.1) is 0 Å². The lowest BCUT2D eigenvalue weighted by Gasteiger charge is -2.24. The second kappa shape index (κ2) is 11.3. The van der Waals surface area contributed by atoms with Gasteiger partial charge in [0.15, 0.2) is 0 Å². The maximum absolute atomic E-state index is 12.5. The average Bonchev–Trinajstić information content (AvgIpc) is 2.67. The van der Waals surface area contributed by atoms with E-state index in [2.05, 4.69) is 50.4 Å². The largest absolute Gasteiger partial charge is 0.444 e. The predicted octanol–water partition coefficient (Wildman–Crippen LogP) is 5.26. The maximum atomic E-state index is 12.5. The van der Waals surface area contributed by atoms with Gasteiger partial charge in [-0.3, -0.25) is 9.78 Å². The molecule has 0 fully saturated rings. The van der Waals surface area contributed by atoms with Crippen molar-refractivity contribution in [1.29, 1.82) is 0 Å². The summed E-state index contributed by atoms with van der Waals surface area (Å²) in [4.78, 5) is 29.5. The first-order valence-corrected chi connectivity index (χ1v) is 11.8. The van der Waals surface area contributed by atoms with Gasteiger partial charge in [0.25, 0.3) is 0 Å². The number of carbonyl (C=O) groups excluding carboxylic acids is 2. The lowest BCUT2D eigenvalue weighted by Crippen LogP contribution is -2.33. The van der Waals surface area contributed by atoms with Gasteiger partial charge in [-0.25, -0.2) is 4.79 Å². The van der Waals surface area contributed by atoms with Crippen LogP contribution in [0.4, 0.5) is 4.79 Å². The Morgan fingerprint density at radius 2 is 1.73 bits per heavy atom. The number of hydrogen-bond donors (Lipinski definition) is 2. The first-order chi connectivity index (χ1) is 15.4. The van der Waals surface area contributed by atoms with Crippen LogP contribution in [0.3, 0.4) is 0 Å². The second-order valence-corrected chi connectivity index (χ2v) is 10.0. The smallest absolute Gasteiger partial charge is 0.407 e. The van der Waals surface area contributed by atoms with Crippen LogP contribution < -0.4 is 11.1 Å². The number of nitrogens with one attached hydrogen (secondary N) is 1. The number of amides is 2. The summed E-state index contributed by atoms with van der Waals surface area (Å²) < 4.78 is 5.45. The molecule has 0 atom stereocenters. The van der Waals surface area contributed by atoms with Gasteiger partial charge < -0.3 is 15.8 Å². The summed E-state index contributed by atoms with van der Waals surface area (Å²) in [5, 5.41) is 2.91. The van der Waals surface area contributed by atoms with Crippen molar-refractivity contribution >= 4 is 12.0 Å². The summed E-state index contributed by atoms with van der Waals surface area (Å²) in [6.45, 7) is 14.2. The molecule has 6 nitrogen and oxygen atoms in total. The Balaban J connectivity index is 2.73. The molecular weight excluding hydrogens is 414 g/mol. The van der Waals surface area contributed by atoms with Gasteiger partial charge in [-0.1, -0.05) is 57.0 Å². The van der Waals surface area contributed by atoms with E-state index in [0.717, 1.165) is 58.5 Å². The number of alkyl carbamates (subject to hydrolysis) is 1. The number of rotatable bonds is 9. The van der Waals surface area contributed by atoms with Crippen LogP contribution in [0.25, 0.3) is 11.1 Å². The summed E-state index contributed by atoms with van der Waals surface area (Å²) in [6, 6.07) is 8.22. The molecule has 0 radical (unpaired) electrons. The Hall–Kier alpha value is -2.89. The summed E-state index contributed by atoms with van der Waals surface area (Å²) in [7, 11) is 0. The van der Waals surface area contributed by atoms with Crippen LogP contribution in [0.2, 0.25) is 0 Å². The van der Waals surface area contributed by atoms with Gasteiger partial charge in [0.05, 0.1) is 6.42 Å². The molecule has 0 aliphatic carbocycles. The summed E-state index contributed by atoms with van der Waals surface area (Å²) in [5.41, 5.74) is 11.8. The highest BCUT2D eigenvalue weighted by molar-refractivity contribution is 5.83. The van der Waals surface area contributed by atoms with Gasteiger partial charge in [0.1, 0.15) is 5.60 Å². The molecule has 0 saturated heterocycles. The van der Waals surface area contributed by atoms with Crippen LogP contribution in [0.1, 0.15) is 76.0 Å². The fourth-order valence-electron chi connectivity index (χ4n) is 3.87.